The van der Waals surface area contributed by atoms with E-state index in [1.54, 1.807) is 0 Å². The lowest BCUT2D eigenvalue weighted by molar-refractivity contribution is -0.0299. The number of ether oxygens (including phenoxy) is 1. The van der Waals surface area contributed by atoms with Crippen LogP contribution in [-0.2, 0) is 4.74 Å². The second kappa shape index (κ2) is 7.14. The second-order valence-electron chi connectivity index (χ2n) is 5.91. The summed E-state index contributed by atoms with van der Waals surface area (Å²) in [7, 11) is 0. The Morgan fingerprint density at radius 3 is 2.90 bits per heavy atom. The minimum absolute atomic E-state index is 0.193. The molecule has 0 saturated carbocycles. The van der Waals surface area contributed by atoms with E-state index in [-0.39, 0.29) is 17.8 Å². The molecular formula is C16H23F2NO. The maximum absolute atomic E-state index is 13.9. The Balaban J connectivity index is 2.07. The van der Waals surface area contributed by atoms with Gasteiger partial charge < -0.3 is 10.1 Å². The Bertz CT molecular complexity index is 436. The van der Waals surface area contributed by atoms with Gasteiger partial charge in [0.25, 0.3) is 0 Å². The van der Waals surface area contributed by atoms with Gasteiger partial charge >= 0.3 is 0 Å². The van der Waals surface area contributed by atoms with E-state index in [9.17, 15) is 8.78 Å². The Hall–Kier alpha value is -1.00. The van der Waals surface area contributed by atoms with Crippen LogP contribution in [0.4, 0.5) is 8.78 Å². The van der Waals surface area contributed by atoms with Crippen molar-refractivity contribution in [3.05, 3.63) is 35.4 Å². The molecule has 0 amide bonds. The van der Waals surface area contributed by atoms with Gasteiger partial charge in [0.05, 0.1) is 6.10 Å². The summed E-state index contributed by atoms with van der Waals surface area (Å²) in [6.07, 6.45) is 1.60. The van der Waals surface area contributed by atoms with Crippen molar-refractivity contribution < 1.29 is 13.5 Å². The molecule has 0 aromatic heterocycles. The summed E-state index contributed by atoms with van der Waals surface area (Å²) >= 11 is 0. The molecule has 112 valence electrons. The molecule has 0 spiro atoms. The zero-order valence-corrected chi connectivity index (χ0v) is 12.2. The van der Waals surface area contributed by atoms with E-state index < -0.39 is 5.82 Å². The molecular weight excluding hydrogens is 260 g/mol. The van der Waals surface area contributed by atoms with Crippen LogP contribution in [0.5, 0.6) is 0 Å². The lowest BCUT2D eigenvalue weighted by Gasteiger charge is -2.32. The van der Waals surface area contributed by atoms with Crippen molar-refractivity contribution in [1.29, 1.82) is 0 Å². The fraction of sp³-hybridized carbons (Fsp3) is 0.625. The Morgan fingerprint density at radius 1 is 1.35 bits per heavy atom. The molecule has 0 aliphatic carbocycles. The molecule has 1 aliphatic heterocycles. The number of halogens is 2. The van der Waals surface area contributed by atoms with E-state index in [0.29, 0.717) is 18.1 Å². The normalized spacial score (nSPS) is 23.2. The lowest BCUT2D eigenvalue weighted by atomic mass is 9.89. The van der Waals surface area contributed by atoms with E-state index in [1.165, 1.54) is 12.1 Å². The average molecular weight is 283 g/mol. The first-order chi connectivity index (χ1) is 9.58. The molecule has 2 unspecified atom stereocenters. The third-order valence-corrected chi connectivity index (χ3v) is 3.67. The first kappa shape index (κ1) is 15.4. The topological polar surface area (TPSA) is 21.3 Å². The van der Waals surface area contributed by atoms with E-state index in [0.717, 1.165) is 32.0 Å². The van der Waals surface area contributed by atoms with Gasteiger partial charge in [-0.15, -0.1) is 0 Å². The first-order valence-electron chi connectivity index (χ1n) is 7.35. The monoisotopic (exact) mass is 283 g/mol. The van der Waals surface area contributed by atoms with Crippen LogP contribution in [0.1, 0.15) is 38.4 Å². The third kappa shape index (κ3) is 4.00. The molecule has 2 nitrogen and oxygen atoms in total. The Morgan fingerprint density at radius 2 is 2.15 bits per heavy atom. The molecule has 1 saturated heterocycles. The summed E-state index contributed by atoms with van der Waals surface area (Å²) in [4.78, 5) is 0. The van der Waals surface area contributed by atoms with E-state index >= 15 is 0 Å². The van der Waals surface area contributed by atoms with Crippen molar-refractivity contribution in [3.63, 3.8) is 0 Å². The van der Waals surface area contributed by atoms with Crippen molar-refractivity contribution in [2.45, 2.75) is 32.8 Å². The van der Waals surface area contributed by atoms with Crippen molar-refractivity contribution in [3.8, 4) is 0 Å². The molecule has 1 heterocycles. The van der Waals surface area contributed by atoms with Crippen molar-refractivity contribution in [2.75, 3.05) is 19.7 Å². The van der Waals surface area contributed by atoms with Crippen LogP contribution in [0.3, 0.4) is 0 Å². The van der Waals surface area contributed by atoms with Crippen LogP contribution in [0.2, 0.25) is 0 Å². The highest BCUT2D eigenvalue weighted by Crippen LogP contribution is 2.34. The lowest BCUT2D eigenvalue weighted by Crippen LogP contribution is -2.33. The Labute approximate surface area is 119 Å². The minimum Gasteiger partial charge on any atom is -0.373 e. The van der Waals surface area contributed by atoms with Crippen molar-refractivity contribution >= 4 is 0 Å². The SMILES string of the molecule is CC(C)CNCC1CCCOC1c1cc(F)ccc1F. The number of benzene rings is 1. The van der Waals surface area contributed by atoms with Crippen molar-refractivity contribution in [2.24, 2.45) is 11.8 Å². The highest BCUT2D eigenvalue weighted by molar-refractivity contribution is 5.22. The van der Waals surface area contributed by atoms with Crippen LogP contribution >= 0.6 is 0 Å². The molecule has 0 radical (unpaired) electrons. The molecule has 1 fully saturated rings. The fourth-order valence-corrected chi connectivity index (χ4v) is 2.69. The second-order valence-corrected chi connectivity index (χ2v) is 5.91. The zero-order valence-electron chi connectivity index (χ0n) is 12.2. The van der Waals surface area contributed by atoms with Gasteiger partial charge in [-0.25, -0.2) is 8.78 Å². The van der Waals surface area contributed by atoms with Gasteiger partial charge in [-0.1, -0.05) is 13.8 Å². The van der Waals surface area contributed by atoms with Gasteiger partial charge in [0.15, 0.2) is 0 Å². The zero-order chi connectivity index (χ0) is 14.5. The van der Waals surface area contributed by atoms with Crippen LogP contribution < -0.4 is 5.32 Å². The fourth-order valence-electron chi connectivity index (χ4n) is 2.69. The molecule has 1 aromatic rings. The maximum atomic E-state index is 13.9. The summed E-state index contributed by atoms with van der Waals surface area (Å²) in [6.45, 7) is 6.61. The molecule has 2 rings (SSSR count). The van der Waals surface area contributed by atoms with Crippen LogP contribution in [0, 0.1) is 23.5 Å². The first-order valence-corrected chi connectivity index (χ1v) is 7.35. The van der Waals surface area contributed by atoms with Gasteiger partial charge in [0.1, 0.15) is 11.6 Å². The molecule has 20 heavy (non-hydrogen) atoms. The van der Waals surface area contributed by atoms with Gasteiger partial charge in [-0.3, -0.25) is 0 Å². The number of hydrogen-bond acceptors (Lipinski definition) is 2. The highest BCUT2D eigenvalue weighted by Gasteiger charge is 2.29. The van der Waals surface area contributed by atoms with Gasteiger partial charge in [-0.2, -0.15) is 0 Å². The summed E-state index contributed by atoms with van der Waals surface area (Å²) in [5.74, 6) is -0.0284. The quantitative estimate of drug-likeness (QED) is 0.890. The third-order valence-electron chi connectivity index (χ3n) is 3.67. The van der Waals surface area contributed by atoms with Gasteiger partial charge in [-0.05, 0) is 43.5 Å². The summed E-state index contributed by atoms with van der Waals surface area (Å²) in [5.41, 5.74) is 0.348. The molecule has 2 atom stereocenters. The molecule has 0 bridgehead atoms. The average Bonchev–Trinajstić information content (AvgIpc) is 2.42. The molecule has 4 heteroatoms. The van der Waals surface area contributed by atoms with E-state index in [4.69, 9.17) is 4.74 Å². The van der Waals surface area contributed by atoms with E-state index in [2.05, 4.69) is 19.2 Å². The highest BCUT2D eigenvalue weighted by atomic mass is 19.1. The summed E-state index contributed by atoms with van der Waals surface area (Å²) < 4.78 is 33.0. The van der Waals surface area contributed by atoms with E-state index in [1.807, 2.05) is 0 Å². The largest absolute Gasteiger partial charge is 0.373 e. The molecule has 1 aliphatic rings. The van der Waals surface area contributed by atoms with Gasteiger partial charge in [0, 0.05) is 24.6 Å². The number of rotatable bonds is 5. The standard InChI is InChI=1S/C16H23F2NO/c1-11(2)9-19-10-12-4-3-7-20-16(12)14-8-13(17)5-6-15(14)18/h5-6,8,11-12,16,19H,3-4,7,9-10H2,1-2H3. The Kier molecular flexibility index (Phi) is 5.49. The predicted octanol–water partition coefficient (Wildman–Crippen LogP) is 3.68. The molecule has 1 aromatic carbocycles. The number of hydrogen-bond donors (Lipinski definition) is 1. The number of nitrogens with one attached hydrogen (secondary N) is 1. The van der Waals surface area contributed by atoms with Crippen LogP contribution in [-0.4, -0.2) is 19.7 Å². The van der Waals surface area contributed by atoms with Gasteiger partial charge in [0.2, 0.25) is 0 Å². The maximum Gasteiger partial charge on any atom is 0.129 e. The molecule has 1 N–H and O–H groups in total. The summed E-state index contributed by atoms with van der Waals surface area (Å²) in [5, 5.41) is 3.39. The van der Waals surface area contributed by atoms with Crippen molar-refractivity contribution in [1.82, 2.24) is 5.32 Å². The predicted molar refractivity (Wildman–Crippen MR) is 75.5 cm³/mol. The van der Waals surface area contributed by atoms with Crippen LogP contribution in [0.15, 0.2) is 18.2 Å². The minimum atomic E-state index is -0.413. The summed E-state index contributed by atoms with van der Waals surface area (Å²) in [6, 6.07) is 3.59. The smallest absolute Gasteiger partial charge is 0.129 e. The van der Waals surface area contributed by atoms with Crippen LogP contribution in [0.25, 0.3) is 0 Å².